The molecule has 0 spiro atoms. The number of rotatable bonds is 6. The summed E-state index contributed by atoms with van der Waals surface area (Å²) in [4.78, 5) is 19.0. The average Bonchev–Trinajstić information content (AvgIpc) is 3.39. The third-order valence-electron chi connectivity index (χ3n) is 5.28. The zero-order chi connectivity index (χ0) is 17.9. The van der Waals surface area contributed by atoms with Gasteiger partial charge in [-0.2, -0.15) is 0 Å². The molecule has 1 aromatic heterocycles. The normalized spacial score (nSPS) is 22.6. The van der Waals surface area contributed by atoms with E-state index in [4.69, 9.17) is 4.74 Å². The first-order valence-corrected chi connectivity index (χ1v) is 9.25. The van der Waals surface area contributed by atoms with Crippen LogP contribution in [0, 0.1) is 17.7 Å². The summed E-state index contributed by atoms with van der Waals surface area (Å²) in [5.41, 5.74) is 1.10. The van der Waals surface area contributed by atoms with Gasteiger partial charge in [0.2, 0.25) is 0 Å². The van der Waals surface area contributed by atoms with Crippen LogP contribution < -0.4 is 0 Å². The molecule has 136 valence electrons. The monoisotopic (exact) mass is 354 g/mol. The van der Waals surface area contributed by atoms with Gasteiger partial charge in [0.1, 0.15) is 5.82 Å². The highest BCUT2D eigenvalue weighted by Crippen LogP contribution is 2.34. The molecule has 1 saturated heterocycles. The molecule has 5 heteroatoms. The lowest BCUT2D eigenvalue weighted by molar-refractivity contribution is 0.0735. The largest absolute Gasteiger partial charge is 0.381 e. The van der Waals surface area contributed by atoms with Crippen molar-refractivity contribution in [2.45, 2.75) is 18.8 Å². The standard InChI is InChI=1S/C21H23FN2O2/c22-19-6-2-1-5-17(19)21(25)24-11-16(14-26-13-15-8-9-15)18(12-24)20-7-3-4-10-23-20/h1-7,10,15-16,18H,8-9,11-14H2/t16-,18+/m0/s1. The summed E-state index contributed by atoms with van der Waals surface area (Å²) in [6.07, 6.45) is 4.29. The zero-order valence-corrected chi connectivity index (χ0v) is 14.7. The minimum atomic E-state index is -0.472. The number of carbonyl (C=O) groups excluding carboxylic acids is 1. The Morgan fingerprint density at radius 2 is 1.92 bits per heavy atom. The smallest absolute Gasteiger partial charge is 0.256 e. The fourth-order valence-electron chi connectivity index (χ4n) is 3.61. The van der Waals surface area contributed by atoms with E-state index in [1.54, 1.807) is 29.3 Å². The Morgan fingerprint density at radius 1 is 1.12 bits per heavy atom. The van der Waals surface area contributed by atoms with Crippen LogP contribution in [0.3, 0.4) is 0 Å². The van der Waals surface area contributed by atoms with Crippen molar-refractivity contribution in [1.82, 2.24) is 9.88 Å². The molecule has 1 aliphatic carbocycles. The van der Waals surface area contributed by atoms with Crippen LogP contribution in [0.2, 0.25) is 0 Å². The van der Waals surface area contributed by atoms with Gasteiger partial charge in [0, 0.05) is 43.4 Å². The van der Waals surface area contributed by atoms with Gasteiger partial charge in [0.15, 0.2) is 0 Å². The molecule has 1 aromatic carbocycles. The van der Waals surface area contributed by atoms with E-state index >= 15 is 0 Å². The van der Waals surface area contributed by atoms with E-state index < -0.39 is 5.82 Å². The van der Waals surface area contributed by atoms with Crippen LogP contribution in [0.25, 0.3) is 0 Å². The molecule has 2 heterocycles. The number of amides is 1. The Kier molecular flexibility index (Phi) is 4.98. The summed E-state index contributed by atoms with van der Waals surface area (Å²) in [5.74, 6) is 0.278. The summed E-state index contributed by atoms with van der Waals surface area (Å²) in [7, 11) is 0. The molecule has 2 fully saturated rings. The van der Waals surface area contributed by atoms with E-state index in [0.717, 1.165) is 12.3 Å². The molecule has 0 unspecified atom stereocenters. The van der Waals surface area contributed by atoms with E-state index in [1.807, 2.05) is 18.2 Å². The summed E-state index contributed by atoms with van der Waals surface area (Å²) in [6, 6.07) is 12.0. The molecule has 4 nitrogen and oxygen atoms in total. The number of aromatic nitrogens is 1. The highest BCUT2D eigenvalue weighted by Gasteiger charge is 2.38. The molecule has 0 N–H and O–H groups in total. The van der Waals surface area contributed by atoms with E-state index in [2.05, 4.69) is 4.98 Å². The number of hydrogen-bond donors (Lipinski definition) is 0. The lowest BCUT2D eigenvalue weighted by atomic mass is 9.93. The van der Waals surface area contributed by atoms with Crippen LogP contribution >= 0.6 is 0 Å². The highest BCUT2D eigenvalue weighted by molar-refractivity contribution is 5.94. The van der Waals surface area contributed by atoms with Gasteiger partial charge in [-0.1, -0.05) is 18.2 Å². The van der Waals surface area contributed by atoms with Crippen molar-refractivity contribution in [1.29, 1.82) is 0 Å². The van der Waals surface area contributed by atoms with E-state index in [9.17, 15) is 9.18 Å². The number of hydrogen-bond acceptors (Lipinski definition) is 3. The van der Waals surface area contributed by atoms with Crippen LogP contribution in [0.15, 0.2) is 48.7 Å². The second kappa shape index (κ2) is 7.54. The number of ether oxygens (including phenoxy) is 1. The third-order valence-corrected chi connectivity index (χ3v) is 5.28. The maximum atomic E-state index is 14.0. The van der Waals surface area contributed by atoms with Crippen molar-refractivity contribution in [2.75, 3.05) is 26.3 Å². The van der Waals surface area contributed by atoms with Gasteiger partial charge in [0.05, 0.1) is 12.2 Å². The van der Waals surface area contributed by atoms with E-state index in [-0.39, 0.29) is 23.3 Å². The van der Waals surface area contributed by atoms with Gasteiger partial charge >= 0.3 is 0 Å². The molecule has 26 heavy (non-hydrogen) atoms. The maximum Gasteiger partial charge on any atom is 0.256 e. The Balaban J connectivity index is 1.50. The SMILES string of the molecule is O=C(c1ccccc1F)N1C[C@@H](COCC2CC2)[C@H](c2ccccn2)C1. The van der Waals surface area contributed by atoms with Crippen molar-refractivity contribution >= 4 is 5.91 Å². The van der Waals surface area contributed by atoms with Crippen LogP contribution in [0.5, 0.6) is 0 Å². The van der Waals surface area contributed by atoms with Crippen molar-refractivity contribution in [3.63, 3.8) is 0 Å². The first-order valence-electron chi connectivity index (χ1n) is 9.25. The molecular weight excluding hydrogens is 331 g/mol. The number of benzene rings is 1. The topological polar surface area (TPSA) is 42.4 Å². The second-order valence-electron chi connectivity index (χ2n) is 7.29. The van der Waals surface area contributed by atoms with Crippen LogP contribution in [-0.4, -0.2) is 42.1 Å². The molecule has 1 amide bonds. The first-order chi connectivity index (χ1) is 12.7. The molecule has 0 bridgehead atoms. The number of nitrogens with zero attached hydrogens (tertiary/aromatic N) is 2. The van der Waals surface area contributed by atoms with Crippen LogP contribution in [0.4, 0.5) is 4.39 Å². The maximum absolute atomic E-state index is 14.0. The van der Waals surface area contributed by atoms with Gasteiger partial charge in [-0.3, -0.25) is 9.78 Å². The number of carbonyl (C=O) groups is 1. The molecule has 2 aliphatic rings. The molecule has 1 saturated carbocycles. The van der Waals surface area contributed by atoms with Gasteiger partial charge in [0.25, 0.3) is 5.91 Å². The Labute approximate surface area is 153 Å². The zero-order valence-electron chi connectivity index (χ0n) is 14.7. The van der Waals surface area contributed by atoms with Crippen molar-refractivity contribution < 1.29 is 13.9 Å². The van der Waals surface area contributed by atoms with E-state index in [1.165, 1.54) is 18.9 Å². The van der Waals surface area contributed by atoms with Crippen molar-refractivity contribution in [3.8, 4) is 0 Å². The fraction of sp³-hybridized carbons (Fsp3) is 0.429. The van der Waals surface area contributed by atoms with Gasteiger partial charge in [-0.15, -0.1) is 0 Å². The Morgan fingerprint density at radius 3 is 2.65 bits per heavy atom. The predicted octanol–water partition coefficient (Wildman–Crippen LogP) is 3.50. The summed E-state index contributed by atoms with van der Waals surface area (Å²) in [6.45, 7) is 2.52. The van der Waals surface area contributed by atoms with Crippen LogP contribution in [0.1, 0.15) is 34.8 Å². The summed E-state index contributed by atoms with van der Waals surface area (Å²) < 4.78 is 19.9. The number of likely N-dealkylation sites (tertiary alicyclic amines) is 1. The molecular formula is C21H23FN2O2. The first kappa shape index (κ1) is 17.2. The molecule has 1 aliphatic heterocycles. The Hall–Kier alpha value is -2.27. The van der Waals surface area contributed by atoms with E-state index in [0.29, 0.717) is 25.6 Å². The molecule has 2 atom stereocenters. The van der Waals surface area contributed by atoms with Gasteiger partial charge in [-0.05, 0) is 43.0 Å². The third kappa shape index (κ3) is 3.78. The average molecular weight is 354 g/mol. The van der Waals surface area contributed by atoms with Crippen molar-refractivity contribution in [3.05, 3.63) is 65.7 Å². The minimum Gasteiger partial charge on any atom is -0.381 e. The predicted molar refractivity (Wildman–Crippen MR) is 96.3 cm³/mol. The quantitative estimate of drug-likeness (QED) is 0.797. The second-order valence-corrected chi connectivity index (χ2v) is 7.29. The summed E-state index contributed by atoms with van der Waals surface area (Å²) in [5, 5.41) is 0. The van der Waals surface area contributed by atoms with Crippen LogP contribution in [-0.2, 0) is 4.74 Å². The summed E-state index contributed by atoms with van der Waals surface area (Å²) >= 11 is 0. The Bertz CT molecular complexity index is 764. The number of pyridine rings is 1. The van der Waals surface area contributed by atoms with Crippen molar-refractivity contribution in [2.24, 2.45) is 11.8 Å². The molecule has 0 radical (unpaired) electrons. The molecule has 2 aromatic rings. The molecule has 4 rings (SSSR count). The lowest BCUT2D eigenvalue weighted by Gasteiger charge is -2.17. The minimum absolute atomic E-state index is 0.117. The number of halogens is 1. The van der Waals surface area contributed by atoms with Gasteiger partial charge < -0.3 is 9.64 Å². The highest BCUT2D eigenvalue weighted by atomic mass is 19.1. The lowest BCUT2D eigenvalue weighted by Crippen LogP contribution is -2.30. The fourth-order valence-corrected chi connectivity index (χ4v) is 3.61. The van der Waals surface area contributed by atoms with Gasteiger partial charge in [-0.25, -0.2) is 4.39 Å².